The average Bonchev–Trinajstić information content (AvgIpc) is 3.81. The zero-order chi connectivity index (χ0) is 36.0. The predicted octanol–water partition coefficient (Wildman–Crippen LogP) is 13.7. The number of hydrogen-bond donors (Lipinski definition) is 1. The van der Waals surface area contributed by atoms with Gasteiger partial charge in [-0.3, -0.25) is 0 Å². The molecule has 0 bridgehead atoms. The van der Waals surface area contributed by atoms with Crippen LogP contribution in [0.25, 0.3) is 55.3 Å². The van der Waals surface area contributed by atoms with Crippen LogP contribution in [0.1, 0.15) is 47.2 Å². The molecule has 0 saturated carbocycles. The number of hydrogen-bond acceptors (Lipinski definition) is 2. The Morgan fingerprint density at radius 1 is 0.407 bits per heavy atom. The average molecular weight is 692 g/mol. The van der Waals surface area contributed by atoms with Crippen LogP contribution in [0, 0.1) is 0 Å². The van der Waals surface area contributed by atoms with Crippen molar-refractivity contribution in [2.45, 2.75) is 24.7 Å². The van der Waals surface area contributed by atoms with Crippen LogP contribution >= 0.6 is 0 Å². The van der Waals surface area contributed by atoms with E-state index in [1.54, 1.807) is 0 Å². The van der Waals surface area contributed by atoms with Crippen molar-refractivity contribution in [2.24, 2.45) is 0 Å². The second-order valence-electron chi connectivity index (χ2n) is 15.3. The number of para-hydroxylation sites is 2. The third-order valence-electron chi connectivity index (χ3n) is 12.1. The lowest BCUT2D eigenvalue weighted by Gasteiger charge is -2.34. The van der Waals surface area contributed by atoms with Crippen molar-refractivity contribution in [2.75, 3.05) is 5.32 Å². The van der Waals surface area contributed by atoms with Gasteiger partial charge >= 0.3 is 0 Å². The number of benzene rings is 8. The Morgan fingerprint density at radius 2 is 1.02 bits per heavy atom. The van der Waals surface area contributed by atoms with E-state index in [1.807, 2.05) is 6.07 Å². The summed E-state index contributed by atoms with van der Waals surface area (Å²) in [5.74, 6) is 0. The van der Waals surface area contributed by atoms with E-state index in [4.69, 9.17) is 4.42 Å². The molecule has 0 radical (unpaired) electrons. The number of nitrogens with one attached hydrogen (secondary N) is 1. The monoisotopic (exact) mass is 691 g/mol. The molecule has 1 aromatic heterocycles. The van der Waals surface area contributed by atoms with Gasteiger partial charge in [-0.05, 0) is 104 Å². The van der Waals surface area contributed by atoms with Gasteiger partial charge in [-0.2, -0.15) is 0 Å². The summed E-state index contributed by atoms with van der Waals surface area (Å²) in [5.41, 5.74) is 18.7. The number of rotatable bonds is 5. The Balaban J connectivity index is 1.02. The lowest BCUT2D eigenvalue weighted by molar-refractivity contribution is 0.647. The molecule has 0 aliphatic heterocycles. The Kier molecular flexibility index (Phi) is 6.55. The fourth-order valence-corrected chi connectivity index (χ4v) is 9.64. The maximum atomic E-state index is 6.34. The summed E-state index contributed by atoms with van der Waals surface area (Å²) in [6.07, 6.45) is 0. The second kappa shape index (κ2) is 11.4. The van der Waals surface area contributed by atoms with Gasteiger partial charge in [0, 0.05) is 33.1 Å². The summed E-state index contributed by atoms with van der Waals surface area (Å²) in [6, 6.07) is 66.5. The van der Waals surface area contributed by atoms with Crippen LogP contribution in [-0.4, -0.2) is 0 Å². The molecule has 8 aromatic carbocycles. The molecule has 0 saturated heterocycles. The molecule has 2 heteroatoms. The summed E-state index contributed by atoms with van der Waals surface area (Å²) in [6.45, 7) is 4.68. The lowest BCUT2D eigenvalue weighted by Crippen LogP contribution is -2.28. The quantitative estimate of drug-likeness (QED) is 0.194. The minimum absolute atomic E-state index is 0.177. The molecule has 2 nitrogen and oxygen atoms in total. The van der Waals surface area contributed by atoms with E-state index in [0.717, 1.165) is 22.5 Å². The lowest BCUT2D eigenvalue weighted by atomic mass is 9.67. The van der Waals surface area contributed by atoms with E-state index in [9.17, 15) is 0 Å². The normalized spacial score (nSPS) is 14.4. The predicted molar refractivity (Wildman–Crippen MR) is 224 cm³/mol. The van der Waals surface area contributed by atoms with Crippen molar-refractivity contribution in [3.63, 3.8) is 0 Å². The molecule has 0 fully saturated rings. The topological polar surface area (TPSA) is 25.2 Å². The second-order valence-corrected chi connectivity index (χ2v) is 15.3. The minimum Gasteiger partial charge on any atom is -0.456 e. The van der Waals surface area contributed by atoms with Crippen LogP contribution in [0.4, 0.5) is 11.4 Å². The largest absolute Gasteiger partial charge is 0.456 e. The van der Waals surface area contributed by atoms with Gasteiger partial charge in [0.1, 0.15) is 11.2 Å². The Labute approximate surface area is 315 Å². The van der Waals surface area contributed by atoms with Gasteiger partial charge in [0.2, 0.25) is 0 Å². The fourth-order valence-electron chi connectivity index (χ4n) is 9.64. The van der Waals surface area contributed by atoms with Gasteiger partial charge in [0.15, 0.2) is 0 Å². The molecular weight excluding hydrogens is 655 g/mol. The van der Waals surface area contributed by atoms with Crippen molar-refractivity contribution >= 4 is 33.3 Å². The van der Waals surface area contributed by atoms with Crippen LogP contribution in [-0.2, 0) is 10.8 Å². The van der Waals surface area contributed by atoms with Crippen molar-refractivity contribution in [3.8, 4) is 33.4 Å². The first-order valence-electron chi connectivity index (χ1n) is 18.8. The van der Waals surface area contributed by atoms with E-state index in [0.29, 0.717) is 0 Å². The summed E-state index contributed by atoms with van der Waals surface area (Å²) in [7, 11) is 0. The van der Waals surface area contributed by atoms with Gasteiger partial charge in [0.05, 0.1) is 5.41 Å². The van der Waals surface area contributed by atoms with E-state index in [1.165, 1.54) is 77.5 Å². The molecule has 0 atom stereocenters. The van der Waals surface area contributed by atoms with Gasteiger partial charge in [-0.25, -0.2) is 0 Å². The first-order valence-corrected chi connectivity index (χ1v) is 18.8. The highest BCUT2D eigenvalue weighted by Gasteiger charge is 2.46. The summed E-state index contributed by atoms with van der Waals surface area (Å²) >= 11 is 0. The Hall–Kier alpha value is -6.64. The summed E-state index contributed by atoms with van der Waals surface area (Å²) in [4.78, 5) is 0. The van der Waals surface area contributed by atoms with Gasteiger partial charge in [-0.1, -0.05) is 153 Å². The zero-order valence-electron chi connectivity index (χ0n) is 30.2. The molecular formula is C52H37NO. The standard InChI is InChI=1S/C52H37NO/c1-51(2)45-29-33(25-27-40(45)42-31-43-41-21-11-14-24-49(41)54-50(43)32-46(42)51)37-19-10-13-23-48(37)53-36-26-28-39-38-20-9-12-22-44(38)52(47(39)30-36,34-15-5-3-6-16-34)35-17-7-4-8-18-35/h3-32,53H,1-2H3. The molecule has 1 heterocycles. The highest BCUT2D eigenvalue weighted by molar-refractivity contribution is 6.08. The van der Waals surface area contributed by atoms with E-state index in [2.05, 4.69) is 195 Å². The maximum absolute atomic E-state index is 6.34. The van der Waals surface area contributed by atoms with Crippen LogP contribution in [0.2, 0.25) is 0 Å². The third kappa shape index (κ3) is 4.28. The highest BCUT2D eigenvalue weighted by atomic mass is 16.3. The smallest absolute Gasteiger partial charge is 0.135 e. The van der Waals surface area contributed by atoms with E-state index < -0.39 is 5.41 Å². The summed E-state index contributed by atoms with van der Waals surface area (Å²) < 4.78 is 6.34. The first-order chi connectivity index (χ1) is 26.5. The SMILES string of the molecule is CC1(C)c2cc(-c3ccccc3Nc3ccc4c(c3)C(c3ccccc3)(c3ccccc3)c3ccccc3-4)ccc2-c2cc3c(cc21)oc1ccccc13. The van der Waals surface area contributed by atoms with Crippen LogP contribution in [0.3, 0.4) is 0 Å². The first kappa shape index (κ1) is 30.9. The van der Waals surface area contributed by atoms with Crippen LogP contribution < -0.4 is 5.32 Å². The van der Waals surface area contributed by atoms with Gasteiger partial charge in [-0.15, -0.1) is 0 Å². The molecule has 9 aromatic rings. The third-order valence-corrected chi connectivity index (χ3v) is 12.1. The number of anilines is 2. The summed E-state index contributed by atoms with van der Waals surface area (Å²) in [5, 5.41) is 6.24. The molecule has 0 amide bonds. The minimum atomic E-state index is -0.445. The Bertz CT molecular complexity index is 2890. The molecule has 2 aliphatic carbocycles. The maximum Gasteiger partial charge on any atom is 0.135 e. The Morgan fingerprint density at radius 3 is 1.81 bits per heavy atom. The fraction of sp³-hybridized carbons (Fsp3) is 0.0769. The van der Waals surface area contributed by atoms with Gasteiger partial charge < -0.3 is 9.73 Å². The van der Waals surface area contributed by atoms with Crippen molar-refractivity contribution in [1.29, 1.82) is 0 Å². The number of fused-ring (bicyclic) bond motifs is 9. The van der Waals surface area contributed by atoms with E-state index >= 15 is 0 Å². The molecule has 0 unspecified atom stereocenters. The zero-order valence-corrected chi connectivity index (χ0v) is 30.2. The molecule has 256 valence electrons. The number of furan rings is 1. The van der Waals surface area contributed by atoms with E-state index in [-0.39, 0.29) is 5.41 Å². The van der Waals surface area contributed by atoms with Crippen molar-refractivity contribution in [1.82, 2.24) is 0 Å². The molecule has 2 aliphatic rings. The van der Waals surface area contributed by atoms with Crippen LogP contribution in [0.15, 0.2) is 186 Å². The van der Waals surface area contributed by atoms with Crippen molar-refractivity contribution < 1.29 is 4.42 Å². The molecule has 0 spiro atoms. The highest BCUT2D eigenvalue weighted by Crippen LogP contribution is 2.57. The van der Waals surface area contributed by atoms with Crippen molar-refractivity contribution in [3.05, 3.63) is 215 Å². The van der Waals surface area contributed by atoms with Gasteiger partial charge in [0.25, 0.3) is 0 Å². The van der Waals surface area contributed by atoms with Crippen LogP contribution in [0.5, 0.6) is 0 Å². The molecule has 1 N–H and O–H groups in total. The molecule has 11 rings (SSSR count). The molecule has 54 heavy (non-hydrogen) atoms.